The average molecular weight is 267 g/mol. The van der Waals surface area contributed by atoms with E-state index in [-0.39, 0.29) is 5.97 Å². The molecule has 0 bridgehead atoms. The quantitative estimate of drug-likeness (QED) is 0.766. The first kappa shape index (κ1) is 15.3. The van der Waals surface area contributed by atoms with Gasteiger partial charge in [-0.05, 0) is 19.1 Å². The molecule has 0 saturated carbocycles. The number of nitrogens with one attached hydrogen (secondary N) is 1. The van der Waals surface area contributed by atoms with Crippen molar-refractivity contribution in [3.63, 3.8) is 0 Å². The molecule has 0 heterocycles. The molecule has 19 heavy (non-hydrogen) atoms. The summed E-state index contributed by atoms with van der Waals surface area (Å²) in [7, 11) is 4.56. The van der Waals surface area contributed by atoms with Crippen molar-refractivity contribution in [3.8, 4) is 5.75 Å². The fourth-order valence-electron chi connectivity index (χ4n) is 1.79. The molecule has 0 aliphatic heterocycles. The Morgan fingerprint density at radius 1 is 1.26 bits per heavy atom. The Labute approximate surface area is 113 Å². The second-order valence-corrected chi connectivity index (χ2v) is 4.39. The number of hydrogen-bond acceptors (Lipinski definition) is 5. The number of carbonyl (C=O) groups is 1. The van der Waals surface area contributed by atoms with Gasteiger partial charge in [-0.25, -0.2) is 4.79 Å². The van der Waals surface area contributed by atoms with E-state index < -0.39 is 5.54 Å². The number of hydrogen-bond donors (Lipinski definition) is 1. The highest BCUT2D eigenvalue weighted by Crippen LogP contribution is 2.28. The van der Waals surface area contributed by atoms with E-state index in [0.717, 1.165) is 5.69 Å². The van der Waals surface area contributed by atoms with Crippen LogP contribution >= 0.6 is 0 Å². The fourth-order valence-corrected chi connectivity index (χ4v) is 1.79. The van der Waals surface area contributed by atoms with Crippen LogP contribution in [-0.4, -0.2) is 39.4 Å². The molecule has 1 atom stereocenters. The van der Waals surface area contributed by atoms with Crippen LogP contribution in [0.25, 0.3) is 0 Å². The van der Waals surface area contributed by atoms with Crippen LogP contribution in [0.5, 0.6) is 5.75 Å². The molecule has 0 aromatic heterocycles. The van der Waals surface area contributed by atoms with Crippen molar-refractivity contribution in [1.29, 1.82) is 0 Å². The van der Waals surface area contributed by atoms with E-state index >= 15 is 0 Å². The van der Waals surface area contributed by atoms with Gasteiger partial charge in [0.05, 0.1) is 19.9 Å². The Bertz CT molecular complexity index is 422. The number of methoxy groups -OCH3 is 3. The maximum Gasteiger partial charge on any atom is 0.331 e. The van der Waals surface area contributed by atoms with Gasteiger partial charge in [0, 0.05) is 20.1 Å². The zero-order valence-electron chi connectivity index (χ0n) is 11.9. The Morgan fingerprint density at radius 2 is 1.95 bits per heavy atom. The molecule has 0 radical (unpaired) electrons. The van der Waals surface area contributed by atoms with Gasteiger partial charge in [0.15, 0.2) is 0 Å². The molecule has 0 fully saturated rings. The van der Waals surface area contributed by atoms with E-state index in [1.54, 1.807) is 21.1 Å². The normalized spacial score (nSPS) is 13.5. The molecule has 0 saturated heterocycles. The third-order valence-electron chi connectivity index (χ3n) is 2.96. The molecular weight excluding hydrogens is 246 g/mol. The summed E-state index contributed by atoms with van der Waals surface area (Å²) >= 11 is 0. The van der Waals surface area contributed by atoms with Crippen LogP contribution in [0.3, 0.4) is 0 Å². The fraction of sp³-hybridized carbons (Fsp3) is 0.500. The Morgan fingerprint density at radius 3 is 2.53 bits per heavy atom. The number of carbonyl (C=O) groups excluding carboxylic acids is 1. The summed E-state index contributed by atoms with van der Waals surface area (Å²) < 4.78 is 15.2. The molecule has 5 heteroatoms. The van der Waals surface area contributed by atoms with Crippen molar-refractivity contribution >= 4 is 11.7 Å². The lowest BCUT2D eigenvalue weighted by atomic mass is 9.97. The Kier molecular flexibility index (Phi) is 5.63. The molecule has 0 amide bonds. The van der Waals surface area contributed by atoms with Gasteiger partial charge in [-0.3, -0.25) is 0 Å². The third kappa shape index (κ3) is 3.86. The Balaban J connectivity index is 2.96. The van der Waals surface area contributed by atoms with E-state index in [9.17, 15) is 4.79 Å². The molecule has 0 aliphatic rings. The van der Waals surface area contributed by atoms with Gasteiger partial charge in [-0.15, -0.1) is 0 Å². The molecular formula is C14H21NO4. The zero-order valence-corrected chi connectivity index (χ0v) is 11.9. The number of ether oxygens (including phenoxy) is 3. The van der Waals surface area contributed by atoms with Crippen LogP contribution in [-0.2, 0) is 14.3 Å². The molecule has 1 aromatic rings. The van der Waals surface area contributed by atoms with Crippen molar-refractivity contribution in [3.05, 3.63) is 24.3 Å². The summed E-state index contributed by atoms with van der Waals surface area (Å²) in [5.41, 5.74) is -0.117. The van der Waals surface area contributed by atoms with Gasteiger partial charge in [-0.2, -0.15) is 0 Å². The highest BCUT2D eigenvalue weighted by Gasteiger charge is 2.34. The van der Waals surface area contributed by atoms with E-state index in [1.165, 1.54) is 7.11 Å². The third-order valence-corrected chi connectivity index (χ3v) is 2.96. The lowest BCUT2D eigenvalue weighted by Gasteiger charge is -2.29. The van der Waals surface area contributed by atoms with Crippen LogP contribution < -0.4 is 10.1 Å². The summed E-state index contributed by atoms with van der Waals surface area (Å²) in [4.78, 5) is 12.0. The highest BCUT2D eigenvalue weighted by molar-refractivity contribution is 5.84. The minimum absolute atomic E-state index is 0.338. The number of rotatable bonds is 7. The zero-order chi connectivity index (χ0) is 14.3. The van der Waals surface area contributed by atoms with Crippen LogP contribution in [0.1, 0.15) is 13.3 Å². The average Bonchev–Trinajstić information content (AvgIpc) is 2.44. The van der Waals surface area contributed by atoms with Crippen molar-refractivity contribution in [2.24, 2.45) is 0 Å². The highest BCUT2D eigenvalue weighted by atomic mass is 16.5. The summed E-state index contributed by atoms with van der Waals surface area (Å²) in [6.45, 7) is 2.23. The number of para-hydroxylation sites is 2. The minimum atomic E-state index is -0.862. The SMILES string of the molecule is COCCC(C)(Nc1ccccc1OC)C(=O)OC. The largest absolute Gasteiger partial charge is 0.495 e. The van der Waals surface area contributed by atoms with Crippen molar-refractivity contribution in [2.75, 3.05) is 33.3 Å². The lowest BCUT2D eigenvalue weighted by molar-refractivity contribution is -0.146. The number of esters is 1. The van der Waals surface area contributed by atoms with Gasteiger partial charge >= 0.3 is 5.97 Å². The molecule has 1 rings (SSSR count). The lowest BCUT2D eigenvalue weighted by Crippen LogP contribution is -2.45. The first-order chi connectivity index (χ1) is 9.07. The van der Waals surface area contributed by atoms with Crippen molar-refractivity contribution in [2.45, 2.75) is 18.9 Å². The van der Waals surface area contributed by atoms with Gasteiger partial charge < -0.3 is 19.5 Å². The molecule has 0 spiro atoms. The first-order valence-corrected chi connectivity index (χ1v) is 6.06. The van der Waals surface area contributed by atoms with Gasteiger partial charge in [0.25, 0.3) is 0 Å². The first-order valence-electron chi connectivity index (χ1n) is 6.06. The molecule has 5 nitrogen and oxygen atoms in total. The summed E-state index contributed by atoms with van der Waals surface area (Å²) in [6, 6.07) is 7.43. The van der Waals surface area contributed by atoms with Crippen LogP contribution in [0, 0.1) is 0 Å². The van der Waals surface area contributed by atoms with Crippen molar-refractivity contribution < 1.29 is 19.0 Å². The predicted molar refractivity (Wildman–Crippen MR) is 73.5 cm³/mol. The maximum absolute atomic E-state index is 12.0. The van der Waals surface area contributed by atoms with E-state index in [1.807, 2.05) is 24.3 Å². The predicted octanol–water partition coefficient (Wildman–Crippen LogP) is 2.08. The monoisotopic (exact) mass is 267 g/mol. The minimum Gasteiger partial charge on any atom is -0.495 e. The summed E-state index contributed by atoms with van der Waals surface area (Å²) in [6.07, 6.45) is 0.494. The van der Waals surface area contributed by atoms with E-state index in [2.05, 4.69) is 5.32 Å². The molecule has 106 valence electrons. The van der Waals surface area contributed by atoms with E-state index in [4.69, 9.17) is 14.2 Å². The maximum atomic E-state index is 12.0. The molecule has 0 aliphatic carbocycles. The van der Waals surface area contributed by atoms with Crippen LogP contribution in [0.15, 0.2) is 24.3 Å². The number of anilines is 1. The molecule has 1 N–H and O–H groups in total. The van der Waals surface area contributed by atoms with Crippen LogP contribution in [0.2, 0.25) is 0 Å². The summed E-state index contributed by atoms with van der Waals surface area (Å²) in [5, 5.41) is 3.18. The van der Waals surface area contributed by atoms with Gasteiger partial charge in [0.1, 0.15) is 11.3 Å². The number of benzene rings is 1. The molecule has 1 aromatic carbocycles. The summed E-state index contributed by atoms with van der Waals surface area (Å²) in [5.74, 6) is 0.338. The molecule has 1 unspecified atom stereocenters. The topological polar surface area (TPSA) is 56.8 Å². The van der Waals surface area contributed by atoms with E-state index in [0.29, 0.717) is 18.8 Å². The smallest absolute Gasteiger partial charge is 0.331 e. The van der Waals surface area contributed by atoms with Crippen LogP contribution in [0.4, 0.5) is 5.69 Å². The second kappa shape index (κ2) is 6.99. The Hall–Kier alpha value is -1.75. The van der Waals surface area contributed by atoms with Gasteiger partial charge in [0.2, 0.25) is 0 Å². The second-order valence-electron chi connectivity index (χ2n) is 4.39. The standard InChI is InChI=1S/C14H21NO4/c1-14(9-10-17-2,13(16)19-4)15-11-7-5-6-8-12(11)18-3/h5-8,15H,9-10H2,1-4H3. The van der Waals surface area contributed by atoms with Crippen molar-refractivity contribution in [1.82, 2.24) is 0 Å². The van der Waals surface area contributed by atoms with Gasteiger partial charge in [-0.1, -0.05) is 12.1 Å².